The fourth-order valence-corrected chi connectivity index (χ4v) is 3.87. The summed E-state index contributed by atoms with van der Waals surface area (Å²) in [5, 5.41) is 6.33. The van der Waals surface area contributed by atoms with Crippen molar-refractivity contribution in [1.82, 2.24) is 9.97 Å². The molecule has 3 rings (SSSR count). The molecule has 1 amide bonds. The Balaban J connectivity index is 0.00000190. The molecule has 0 bridgehead atoms. The first kappa shape index (κ1) is 33.3. The molecule has 0 aliphatic heterocycles. The minimum Gasteiger partial charge on any atom is -0.480 e. The standard InChI is InChI=1S/C22H22BrClN4O2.2C2H6.CH5N/c1-12(2)15-9-8-14(10-13(15)3)26-22-25-11-16(21(28-22)30-4)20(29)27-19-17(23)6-5-7-18(19)24;3*1-2/h5-12H,1-4H3,(H,27,29)(H,25,26,28);2*1-2H3;2H2,1H3. The fourth-order valence-electron chi connectivity index (χ4n) is 3.07. The molecule has 0 fully saturated rings. The maximum Gasteiger partial charge on any atom is 0.262 e. The number of aromatic nitrogens is 2. The summed E-state index contributed by atoms with van der Waals surface area (Å²) in [6.07, 6.45) is 1.42. The molecule has 198 valence electrons. The molecule has 36 heavy (non-hydrogen) atoms. The van der Waals surface area contributed by atoms with E-state index in [4.69, 9.17) is 16.3 Å². The summed E-state index contributed by atoms with van der Waals surface area (Å²) < 4.78 is 5.99. The van der Waals surface area contributed by atoms with Crippen LogP contribution < -0.4 is 21.1 Å². The van der Waals surface area contributed by atoms with Gasteiger partial charge in [0.05, 0.1) is 17.8 Å². The van der Waals surface area contributed by atoms with Crippen LogP contribution in [0.15, 0.2) is 47.1 Å². The molecular weight excluding hydrogens is 542 g/mol. The lowest BCUT2D eigenvalue weighted by atomic mass is 9.98. The van der Waals surface area contributed by atoms with Gasteiger partial charge in [-0.25, -0.2) is 4.98 Å². The number of amides is 1. The SMILES string of the molecule is CC.CC.CN.COc1nc(Nc2ccc(C(C)C)c(C)c2)ncc1C(=O)Nc1c(Cl)cccc1Br. The average molecular weight is 581 g/mol. The van der Waals surface area contributed by atoms with E-state index in [2.05, 4.69) is 69.1 Å². The summed E-state index contributed by atoms with van der Waals surface area (Å²) in [5.41, 5.74) is 8.49. The van der Waals surface area contributed by atoms with Crippen LogP contribution in [-0.4, -0.2) is 30.0 Å². The molecule has 1 heterocycles. The Morgan fingerprint density at radius 1 is 1.11 bits per heavy atom. The van der Waals surface area contributed by atoms with Gasteiger partial charge in [0.25, 0.3) is 5.91 Å². The van der Waals surface area contributed by atoms with Crippen molar-refractivity contribution in [3.05, 3.63) is 68.8 Å². The zero-order valence-corrected chi connectivity index (χ0v) is 25.0. The number of nitrogens with two attached hydrogens (primary N) is 1. The van der Waals surface area contributed by atoms with Crippen LogP contribution in [-0.2, 0) is 0 Å². The number of halogens is 2. The van der Waals surface area contributed by atoms with Crippen LogP contribution in [0.25, 0.3) is 0 Å². The van der Waals surface area contributed by atoms with Crippen molar-refractivity contribution >= 4 is 50.8 Å². The molecule has 0 atom stereocenters. The highest BCUT2D eigenvalue weighted by Crippen LogP contribution is 2.31. The first-order valence-electron chi connectivity index (χ1n) is 11.9. The van der Waals surface area contributed by atoms with Gasteiger partial charge in [-0.15, -0.1) is 0 Å². The Hall–Kier alpha value is -2.68. The van der Waals surface area contributed by atoms with E-state index in [0.717, 1.165) is 5.69 Å². The molecule has 0 aliphatic carbocycles. The highest BCUT2D eigenvalue weighted by molar-refractivity contribution is 9.10. The van der Waals surface area contributed by atoms with Gasteiger partial charge >= 0.3 is 0 Å². The third-order valence-corrected chi connectivity index (χ3v) is 5.52. The van der Waals surface area contributed by atoms with Crippen molar-refractivity contribution < 1.29 is 9.53 Å². The topological polar surface area (TPSA) is 102 Å². The van der Waals surface area contributed by atoms with E-state index in [1.165, 1.54) is 31.5 Å². The third-order valence-electron chi connectivity index (χ3n) is 4.54. The Morgan fingerprint density at radius 3 is 2.28 bits per heavy atom. The van der Waals surface area contributed by atoms with Gasteiger partial charge in [0, 0.05) is 16.4 Å². The Labute approximate surface area is 229 Å². The zero-order valence-electron chi connectivity index (χ0n) is 22.7. The van der Waals surface area contributed by atoms with Crippen molar-refractivity contribution in [2.24, 2.45) is 5.73 Å². The summed E-state index contributed by atoms with van der Waals surface area (Å²) in [5.74, 6) is 0.512. The van der Waals surface area contributed by atoms with Crippen molar-refractivity contribution in [3.63, 3.8) is 0 Å². The number of para-hydroxylation sites is 1. The first-order valence-corrected chi connectivity index (χ1v) is 13.1. The monoisotopic (exact) mass is 579 g/mol. The molecule has 1 aromatic heterocycles. The van der Waals surface area contributed by atoms with Gasteiger partial charge in [-0.05, 0) is 71.2 Å². The summed E-state index contributed by atoms with van der Waals surface area (Å²) in [6.45, 7) is 14.4. The number of anilines is 3. The van der Waals surface area contributed by atoms with Gasteiger partial charge in [-0.2, -0.15) is 4.98 Å². The van der Waals surface area contributed by atoms with Gasteiger partial charge in [0.1, 0.15) is 5.56 Å². The summed E-state index contributed by atoms with van der Waals surface area (Å²) in [7, 11) is 2.95. The van der Waals surface area contributed by atoms with E-state index in [9.17, 15) is 4.79 Å². The number of methoxy groups -OCH3 is 1. The summed E-state index contributed by atoms with van der Waals surface area (Å²) in [4.78, 5) is 21.3. The zero-order chi connectivity index (χ0) is 27.8. The highest BCUT2D eigenvalue weighted by Gasteiger charge is 2.18. The van der Waals surface area contributed by atoms with Crippen molar-refractivity contribution in [1.29, 1.82) is 0 Å². The number of ether oxygens (including phenoxy) is 1. The van der Waals surface area contributed by atoms with Crippen molar-refractivity contribution in [2.75, 3.05) is 24.8 Å². The largest absolute Gasteiger partial charge is 0.480 e. The first-order chi connectivity index (χ1) is 17.3. The molecular formula is C27H39BrClN5O2. The predicted octanol–water partition coefficient (Wildman–Crippen LogP) is 7.96. The second-order valence-corrected chi connectivity index (χ2v) is 8.28. The molecule has 4 N–H and O–H groups in total. The quantitative estimate of drug-likeness (QED) is 0.273. The van der Waals surface area contributed by atoms with Crippen LogP contribution >= 0.6 is 27.5 Å². The molecule has 0 saturated carbocycles. The normalized spacial score (nSPS) is 9.47. The number of nitrogens with one attached hydrogen (secondary N) is 2. The molecule has 9 heteroatoms. The smallest absolute Gasteiger partial charge is 0.262 e. The van der Waals surface area contributed by atoms with E-state index in [1.54, 1.807) is 18.2 Å². The van der Waals surface area contributed by atoms with Crippen LogP contribution in [0.4, 0.5) is 17.3 Å². The molecule has 3 aromatic rings. The number of hydrogen-bond acceptors (Lipinski definition) is 6. The van der Waals surface area contributed by atoms with Crippen molar-refractivity contribution in [3.8, 4) is 5.88 Å². The van der Waals surface area contributed by atoms with Gasteiger partial charge in [-0.1, -0.05) is 65.3 Å². The van der Waals surface area contributed by atoms with Crippen LogP contribution in [0, 0.1) is 6.92 Å². The molecule has 2 aromatic carbocycles. The summed E-state index contributed by atoms with van der Waals surface area (Å²) >= 11 is 9.56. The van der Waals surface area contributed by atoms with Crippen molar-refractivity contribution in [2.45, 2.75) is 54.4 Å². The second kappa shape index (κ2) is 17.7. The van der Waals surface area contributed by atoms with Gasteiger partial charge in [0.15, 0.2) is 0 Å². The number of hydrogen-bond donors (Lipinski definition) is 3. The Morgan fingerprint density at radius 2 is 1.75 bits per heavy atom. The maximum absolute atomic E-state index is 12.7. The number of rotatable bonds is 6. The number of aryl methyl sites for hydroxylation is 1. The Kier molecular flexibility index (Phi) is 16.4. The van der Waals surface area contributed by atoms with Crippen LogP contribution in [0.1, 0.15) is 68.9 Å². The molecule has 0 radical (unpaired) electrons. The number of nitrogens with zero attached hydrogens (tertiary/aromatic N) is 2. The van der Waals surface area contributed by atoms with E-state index < -0.39 is 5.91 Å². The predicted molar refractivity (Wildman–Crippen MR) is 157 cm³/mol. The maximum atomic E-state index is 12.7. The Bertz CT molecular complexity index is 1070. The van der Waals surface area contributed by atoms with Crippen LogP contribution in [0.5, 0.6) is 5.88 Å². The second-order valence-electron chi connectivity index (χ2n) is 7.02. The van der Waals surface area contributed by atoms with E-state index in [1.807, 2.05) is 39.8 Å². The van der Waals surface area contributed by atoms with E-state index >= 15 is 0 Å². The van der Waals surface area contributed by atoms with Crippen LogP contribution in [0.2, 0.25) is 5.02 Å². The van der Waals surface area contributed by atoms with Crippen LogP contribution in [0.3, 0.4) is 0 Å². The molecule has 0 spiro atoms. The fraction of sp³-hybridized carbons (Fsp3) is 0.370. The van der Waals surface area contributed by atoms with Gasteiger partial charge < -0.3 is 21.1 Å². The third kappa shape index (κ3) is 9.41. The highest BCUT2D eigenvalue weighted by atomic mass is 79.9. The molecule has 0 saturated heterocycles. The van der Waals surface area contributed by atoms with E-state index in [0.29, 0.717) is 27.0 Å². The average Bonchev–Trinajstić information content (AvgIpc) is 2.89. The lowest BCUT2D eigenvalue weighted by molar-refractivity contribution is 0.102. The minimum absolute atomic E-state index is 0.156. The number of benzene rings is 2. The summed E-state index contributed by atoms with van der Waals surface area (Å²) in [6, 6.07) is 11.4. The molecule has 0 unspecified atom stereocenters. The number of carbonyl (C=O) groups is 1. The minimum atomic E-state index is -0.427. The molecule has 0 aliphatic rings. The number of carbonyl (C=O) groups excluding carboxylic acids is 1. The van der Waals surface area contributed by atoms with Gasteiger partial charge in [-0.3, -0.25) is 4.79 Å². The lowest BCUT2D eigenvalue weighted by Crippen LogP contribution is -2.15. The van der Waals surface area contributed by atoms with E-state index in [-0.39, 0.29) is 11.4 Å². The van der Waals surface area contributed by atoms with Gasteiger partial charge in [0.2, 0.25) is 11.8 Å². The lowest BCUT2D eigenvalue weighted by Gasteiger charge is -2.14. The molecule has 7 nitrogen and oxygen atoms in total.